The average Bonchev–Trinajstić information content (AvgIpc) is 2.74. The number of nitrogens with one attached hydrogen (secondary N) is 1. The molecule has 92 valence electrons. The Morgan fingerprint density at radius 1 is 1.53 bits per heavy atom. The molecule has 4 atom stereocenters. The molecule has 5 nitrogen and oxygen atoms in total. The minimum atomic E-state index is -0.228. The van der Waals surface area contributed by atoms with Gasteiger partial charge in [0.25, 0.3) is 5.91 Å². The lowest BCUT2D eigenvalue weighted by Crippen LogP contribution is -2.41. The lowest BCUT2D eigenvalue weighted by Gasteiger charge is -2.21. The number of amides is 1. The van der Waals surface area contributed by atoms with E-state index in [1.165, 1.54) is 0 Å². The van der Waals surface area contributed by atoms with Gasteiger partial charge in [-0.1, -0.05) is 0 Å². The second-order valence-corrected chi connectivity index (χ2v) is 4.86. The standard InChI is InChI=1S/C12H17N3O2/c1-8-11(17-8)12(16)14-9-4-2-5-10(9)15-7-3-6-13-15/h3,6-11H,2,4-5H2,1H3,(H,14,16)/t8-,9+,10-,11+/m0/s1. The maximum absolute atomic E-state index is 11.8. The maximum atomic E-state index is 11.8. The van der Waals surface area contributed by atoms with Gasteiger partial charge in [0.05, 0.1) is 18.2 Å². The van der Waals surface area contributed by atoms with Crippen molar-refractivity contribution in [2.45, 2.75) is 50.5 Å². The summed E-state index contributed by atoms with van der Waals surface area (Å²) in [5.74, 6) is 0.0292. The van der Waals surface area contributed by atoms with Gasteiger partial charge in [0.1, 0.15) is 0 Å². The van der Waals surface area contributed by atoms with Gasteiger partial charge in [0, 0.05) is 12.4 Å². The number of epoxide rings is 1. The zero-order valence-corrected chi connectivity index (χ0v) is 9.87. The fourth-order valence-corrected chi connectivity index (χ4v) is 2.63. The molecule has 2 heterocycles. The normalized spacial score (nSPS) is 35.8. The van der Waals surface area contributed by atoms with E-state index in [0.29, 0.717) is 6.04 Å². The first kappa shape index (κ1) is 10.8. The third-order valence-electron chi connectivity index (χ3n) is 3.64. The monoisotopic (exact) mass is 235 g/mol. The lowest BCUT2D eigenvalue weighted by atomic mass is 10.1. The first-order valence-corrected chi connectivity index (χ1v) is 6.20. The second-order valence-electron chi connectivity index (χ2n) is 4.86. The van der Waals surface area contributed by atoms with Gasteiger partial charge >= 0.3 is 0 Å². The molecule has 3 rings (SSSR count). The van der Waals surface area contributed by atoms with Crippen LogP contribution in [0.4, 0.5) is 0 Å². The summed E-state index contributed by atoms with van der Waals surface area (Å²) in [7, 11) is 0. The highest BCUT2D eigenvalue weighted by Crippen LogP contribution is 2.30. The van der Waals surface area contributed by atoms with Crippen molar-refractivity contribution in [1.29, 1.82) is 0 Å². The molecule has 0 bridgehead atoms. The number of aromatic nitrogens is 2. The Hall–Kier alpha value is -1.36. The van der Waals surface area contributed by atoms with Crippen LogP contribution in [-0.2, 0) is 9.53 Å². The van der Waals surface area contributed by atoms with Crippen LogP contribution in [0.1, 0.15) is 32.2 Å². The van der Waals surface area contributed by atoms with E-state index in [1.54, 1.807) is 6.20 Å². The summed E-state index contributed by atoms with van der Waals surface area (Å²) < 4.78 is 7.13. The summed E-state index contributed by atoms with van der Waals surface area (Å²) in [5.41, 5.74) is 0. The Bertz CT molecular complexity index is 404. The molecule has 0 radical (unpaired) electrons. The Balaban J connectivity index is 1.64. The fourth-order valence-electron chi connectivity index (χ4n) is 2.63. The summed E-state index contributed by atoms with van der Waals surface area (Å²) in [6, 6.07) is 2.41. The quantitative estimate of drug-likeness (QED) is 0.791. The molecule has 1 saturated carbocycles. The van der Waals surface area contributed by atoms with Gasteiger partial charge in [0.15, 0.2) is 6.10 Å². The van der Waals surface area contributed by atoms with Crippen LogP contribution in [0, 0.1) is 0 Å². The van der Waals surface area contributed by atoms with Crippen molar-refractivity contribution in [2.75, 3.05) is 0 Å². The predicted molar refractivity (Wildman–Crippen MR) is 61.4 cm³/mol. The predicted octanol–water partition coefficient (Wildman–Crippen LogP) is 0.880. The van der Waals surface area contributed by atoms with Crippen molar-refractivity contribution < 1.29 is 9.53 Å². The molecule has 0 aromatic carbocycles. The first-order chi connectivity index (χ1) is 8.25. The third kappa shape index (κ3) is 2.07. The summed E-state index contributed by atoms with van der Waals surface area (Å²) in [4.78, 5) is 11.8. The van der Waals surface area contributed by atoms with Crippen LogP contribution in [0.2, 0.25) is 0 Å². The van der Waals surface area contributed by atoms with Crippen molar-refractivity contribution in [3.63, 3.8) is 0 Å². The number of hydrogen-bond acceptors (Lipinski definition) is 3. The molecule has 2 fully saturated rings. The second kappa shape index (κ2) is 4.14. The molecule has 2 aliphatic rings. The summed E-state index contributed by atoms with van der Waals surface area (Å²) in [6.45, 7) is 1.92. The van der Waals surface area contributed by atoms with Gasteiger partial charge in [-0.15, -0.1) is 0 Å². The van der Waals surface area contributed by atoms with Gasteiger partial charge in [0.2, 0.25) is 0 Å². The summed E-state index contributed by atoms with van der Waals surface area (Å²) in [6.07, 6.45) is 6.84. The van der Waals surface area contributed by atoms with Crippen molar-refractivity contribution in [2.24, 2.45) is 0 Å². The van der Waals surface area contributed by atoms with Crippen LogP contribution in [0.15, 0.2) is 18.5 Å². The fraction of sp³-hybridized carbons (Fsp3) is 0.667. The Kier molecular flexibility index (Phi) is 2.63. The smallest absolute Gasteiger partial charge is 0.252 e. The van der Waals surface area contributed by atoms with Gasteiger partial charge < -0.3 is 10.1 Å². The molecule has 1 aliphatic heterocycles. The van der Waals surface area contributed by atoms with Crippen LogP contribution in [0.5, 0.6) is 0 Å². The maximum Gasteiger partial charge on any atom is 0.252 e. The highest BCUT2D eigenvalue weighted by atomic mass is 16.6. The van der Waals surface area contributed by atoms with Crippen molar-refractivity contribution in [3.05, 3.63) is 18.5 Å². The van der Waals surface area contributed by atoms with E-state index in [4.69, 9.17) is 4.74 Å². The minimum Gasteiger partial charge on any atom is -0.359 e. The van der Waals surface area contributed by atoms with Crippen LogP contribution in [0.25, 0.3) is 0 Å². The van der Waals surface area contributed by atoms with Crippen molar-refractivity contribution >= 4 is 5.91 Å². The molecular formula is C12H17N3O2. The van der Waals surface area contributed by atoms with Crippen LogP contribution < -0.4 is 5.32 Å². The zero-order chi connectivity index (χ0) is 11.8. The van der Waals surface area contributed by atoms with E-state index in [2.05, 4.69) is 10.4 Å². The number of ether oxygens (including phenoxy) is 1. The van der Waals surface area contributed by atoms with Crippen molar-refractivity contribution in [3.8, 4) is 0 Å². The zero-order valence-electron chi connectivity index (χ0n) is 9.87. The van der Waals surface area contributed by atoms with E-state index < -0.39 is 0 Å². The molecule has 0 spiro atoms. The molecule has 1 saturated heterocycles. The number of carbonyl (C=O) groups excluding carboxylic acids is 1. The number of carbonyl (C=O) groups is 1. The highest BCUT2D eigenvalue weighted by Gasteiger charge is 2.43. The third-order valence-corrected chi connectivity index (χ3v) is 3.64. The minimum absolute atomic E-state index is 0.0292. The molecule has 1 N–H and O–H groups in total. The largest absolute Gasteiger partial charge is 0.359 e. The van der Waals surface area contributed by atoms with Crippen LogP contribution >= 0.6 is 0 Å². The molecule has 1 aromatic rings. The van der Waals surface area contributed by atoms with E-state index in [9.17, 15) is 4.79 Å². The van der Waals surface area contributed by atoms with E-state index in [-0.39, 0.29) is 24.2 Å². The molecule has 17 heavy (non-hydrogen) atoms. The Labute approximate surface area is 100 Å². The van der Waals surface area contributed by atoms with E-state index in [0.717, 1.165) is 19.3 Å². The van der Waals surface area contributed by atoms with Gasteiger partial charge in [-0.3, -0.25) is 9.48 Å². The topological polar surface area (TPSA) is 59.5 Å². The van der Waals surface area contributed by atoms with Gasteiger partial charge in [-0.2, -0.15) is 5.10 Å². The van der Waals surface area contributed by atoms with Crippen LogP contribution in [0.3, 0.4) is 0 Å². The van der Waals surface area contributed by atoms with E-state index >= 15 is 0 Å². The van der Waals surface area contributed by atoms with Crippen molar-refractivity contribution in [1.82, 2.24) is 15.1 Å². The molecular weight excluding hydrogens is 218 g/mol. The molecule has 1 aliphatic carbocycles. The van der Waals surface area contributed by atoms with E-state index in [1.807, 2.05) is 23.9 Å². The highest BCUT2D eigenvalue weighted by molar-refractivity contribution is 5.83. The molecule has 1 aromatic heterocycles. The summed E-state index contributed by atoms with van der Waals surface area (Å²) in [5, 5.41) is 7.35. The SMILES string of the molecule is C[C@@H]1O[C@H]1C(=O)N[C@@H]1CCC[C@@H]1n1cccn1. The Morgan fingerprint density at radius 2 is 2.35 bits per heavy atom. The number of rotatable bonds is 3. The van der Waals surface area contributed by atoms with Gasteiger partial charge in [-0.05, 0) is 32.3 Å². The Morgan fingerprint density at radius 3 is 3.00 bits per heavy atom. The lowest BCUT2D eigenvalue weighted by molar-refractivity contribution is -0.123. The molecule has 1 amide bonds. The summed E-state index contributed by atoms with van der Waals surface area (Å²) >= 11 is 0. The first-order valence-electron chi connectivity index (χ1n) is 6.20. The van der Waals surface area contributed by atoms with Crippen LogP contribution in [-0.4, -0.2) is 33.9 Å². The molecule has 5 heteroatoms. The van der Waals surface area contributed by atoms with Gasteiger partial charge in [-0.25, -0.2) is 0 Å². The number of nitrogens with zero attached hydrogens (tertiary/aromatic N) is 2. The molecule has 0 unspecified atom stereocenters. The average molecular weight is 235 g/mol. The number of hydrogen-bond donors (Lipinski definition) is 1.